The van der Waals surface area contributed by atoms with Gasteiger partial charge in [-0.1, -0.05) is 28.1 Å². The van der Waals surface area contributed by atoms with E-state index in [-0.39, 0.29) is 5.41 Å². The quantitative estimate of drug-likeness (QED) is 0.348. The minimum atomic E-state index is 0.222. The molecule has 0 bridgehead atoms. The number of nitrogens with zero attached hydrogens (tertiary/aromatic N) is 2. The van der Waals surface area contributed by atoms with Gasteiger partial charge in [-0.25, -0.2) is 0 Å². The van der Waals surface area contributed by atoms with Gasteiger partial charge in [-0.2, -0.15) is 5.10 Å². The maximum atomic E-state index is 4.87. The molecule has 1 aromatic heterocycles. The van der Waals surface area contributed by atoms with Crippen LogP contribution in [0.2, 0.25) is 0 Å². The maximum absolute atomic E-state index is 4.87. The Balaban J connectivity index is 1.53. The highest BCUT2D eigenvalue weighted by molar-refractivity contribution is 9.10. The smallest absolute Gasteiger partial charge is 0.191 e. The van der Waals surface area contributed by atoms with E-state index in [1.54, 1.807) is 0 Å². The van der Waals surface area contributed by atoms with Crippen molar-refractivity contribution in [1.29, 1.82) is 0 Å². The summed E-state index contributed by atoms with van der Waals surface area (Å²) in [6, 6.07) is 8.65. The second-order valence-electron chi connectivity index (χ2n) is 7.04. The summed E-state index contributed by atoms with van der Waals surface area (Å²) in [6.45, 7) is 6.78. The summed E-state index contributed by atoms with van der Waals surface area (Å²) in [5.74, 6) is 0.915. The van der Waals surface area contributed by atoms with Crippen molar-refractivity contribution in [3.63, 3.8) is 0 Å². The van der Waals surface area contributed by atoms with E-state index in [0.717, 1.165) is 48.6 Å². The van der Waals surface area contributed by atoms with Crippen LogP contribution in [-0.4, -0.2) is 35.8 Å². The molecule has 1 heterocycles. The largest absolute Gasteiger partial charge is 0.357 e. The van der Waals surface area contributed by atoms with Crippen LogP contribution < -0.4 is 10.6 Å². The van der Waals surface area contributed by atoms with E-state index in [4.69, 9.17) is 4.99 Å². The summed E-state index contributed by atoms with van der Waals surface area (Å²) in [6.07, 6.45) is 6.43. The zero-order valence-corrected chi connectivity index (χ0v) is 17.2. The van der Waals surface area contributed by atoms with Crippen LogP contribution in [0.5, 0.6) is 0 Å². The number of hydrogen-bond donors (Lipinski definition) is 3. The number of rotatable bonds is 8. The Hall–Kier alpha value is -1.82. The fourth-order valence-corrected chi connectivity index (χ4v) is 3.59. The van der Waals surface area contributed by atoms with Gasteiger partial charge in [-0.05, 0) is 62.8 Å². The van der Waals surface area contributed by atoms with Gasteiger partial charge in [0.2, 0.25) is 0 Å². The third-order valence-electron chi connectivity index (χ3n) is 5.02. The van der Waals surface area contributed by atoms with Gasteiger partial charge in [0.1, 0.15) is 0 Å². The second-order valence-corrected chi connectivity index (χ2v) is 7.95. The lowest BCUT2D eigenvalue weighted by Gasteiger charge is -2.16. The molecular formula is C20H28BrN5. The molecule has 1 aliphatic rings. The topological polar surface area (TPSA) is 65.1 Å². The van der Waals surface area contributed by atoms with Crippen LogP contribution in [0.15, 0.2) is 39.9 Å². The first-order valence-electron chi connectivity index (χ1n) is 9.40. The van der Waals surface area contributed by atoms with Gasteiger partial charge < -0.3 is 10.6 Å². The van der Waals surface area contributed by atoms with Gasteiger partial charge in [-0.3, -0.25) is 10.1 Å². The monoisotopic (exact) mass is 417 g/mol. The van der Waals surface area contributed by atoms with E-state index in [9.17, 15) is 0 Å². The summed E-state index contributed by atoms with van der Waals surface area (Å²) in [7, 11) is 0. The number of guanidine groups is 1. The molecule has 0 amide bonds. The predicted molar refractivity (Wildman–Crippen MR) is 111 cm³/mol. The molecule has 3 rings (SSSR count). The fourth-order valence-electron chi connectivity index (χ4n) is 3.19. The third-order valence-corrected chi connectivity index (χ3v) is 5.52. The maximum Gasteiger partial charge on any atom is 0.191 e. The van der Waals surface area contributed by atoms with Crippen molar-refractivity contribution in [3.05, 3.63) is 51.8 Å². The van der Waals surface area contributed by atoms with E-state index in [1.165, 1.54) is 24.0 Å². The van der Waals surface area contributed by atoms with E-state index in [0.29, 0.717) is 0 Å². The van der Waals surface area contributed by atoms with E-state index in [2.05, 4.69) is 74.9 Å². The average molecular weight is 418 g/mol. The van der Waals surface area contributed by atoms with Crippen molar-refractivity contribution in [3.8, 4) is 0 Å². The highest BCUT2D eigenvalue weighted by Gasteiger charge is 2.44. The van der Waals surface area contributed by atoms with Gasteiger partial charge in [-0.15, -0.1) is 0 Å². The Bertz CT molecular complexity index is 748. The van der Waals surface area contributed by atoms with E-state index >= 15 is 0 Å². The summed E-state index contributed by atoms with van der Waals surface area (Å²) >= 11 is 3.58. The van der Waals surface area contributed by atoms with Gasteiger partial charge in [0.15, 0.2) is 5.96 Å². The number of aromatic nitrogens is 2. The first-order chi connectivity index (χ1) is 12.6. The number of halogens is 1. The Morgan fingerprint density at radius 1 is 1.35 bits per heavy atom. The molecule has 0 atom stereocenters. The zero-order valence-electron chi connectivity index (χ0n) is 15.6. The minimum absolute atomic E-state index is 0.222. The number of aliphatic imine (C=N–C) groups is 1. The molecule has 0 radical (unpaired) electrons. The Labute approximate surface area is 164 Å². The summed E-state index contributed by atoms with van der Waals surface area (Å²) in [4.78, 5) is 4.87. The van der Waals surface area contributed by atoms with Crippen molar-refractivity contribution >= 4 is 21.9 Å². The summed E-state index contributed by atoms with van der Waals surface area (Å²) in [5, 5.41) is 13.9. The Morgan fingerprint density at radius 3 is 2.85 bits per heavy atom. The molecule has 0 unspecified atom stereocenters. The molecule has 1 fully saturated rings. The SMILES string of the molecule is CCNC(=NCC1(c2cccc(Br)c2)CC1)NCCCc1cn[nH]c1C. The molecule has 1 aromatic carbocycles. The lowest BCUT2D eigenvalue weighted by atomic mass is 9.96. The van der Waals surface area contributed by atoms with E-state index < -0.39 is 0 Å². The molecule has 1 aliphatic carbocycles. The molecule has 26 heavy (non-hydrogen) atoms. The fraction of sp³-hybridized carbons (Fsp3) is 0.500. The number of nitrogens with one attached hydrogen (secondary N) is 3. The van der Waals surface area contributed by atoms with Crippen LogP contribution in [0.3, 0.4) is 0 Å². The van der Waals surface area contributed by atoms with Crippen molar-refractivity contribution in [2.45, 2.75) is 44.9 Å². The van der Waals surface area contributed by atoms with Crippen molar-refractivity contribution < 1.29 is 0 Å². The van der Waals surface area contributed by atoms with Crippen molar-refractivity contribution in [1.82, 2.24) is 20.8 Å². The van der Waals surface area contributed by atoms with Crippen LogP contribution in [0.4, 0.5) is 0 Å². The second kappa shape index (κ2) is 8.71. The summed E-state index contributed by atoms with van der Waals surface area (Å²) < 4.78 is 1.14. The molecule has 6 heteroatoms. The zero-order chi connectivity index (χ0) is 18.4. The molecular weight excluding hydrogens is 390 g/mol. The number of H-pyrrole nitrogens is 1. The molecule has 2 aromatic rings. The predicted octanol–water partition coefficient (Wildman–Crippen LogP) is 3.70. The highest BCUT2D eigenvalue weighted by Crippen LogP contribution is 2.48. The standard InChI is InChI=1S/C20H28BrN5/c1-3-22-19(23-11-5-6-16-13-25-26-15(16)2)24-14-20(9-10-20)17-7-4-8-18(21)12-17/h4,7-8,12-13H,3,5-6,9-11,14H2,1-2H3,(H,25,26)(H2,22,23,24). The number of aryl methyl sites for hydroxylation is 2. The molecule has 1 saturated carbocycles. The number of aromatic amines is 1. The minimum Gasteiger partial charge on any atom is -0.357 e. The van der Waals surface area contributed by atoms with Crippen LogP contribution >= 0.6 is 15.9 Å². The summed E-state index contributed by atoms with van der Waals surface area (Å²) in [5.41, 5.74) is 4.07. The third kappa shape index (κ3) is 4.87. The lowest BCUT2D eigenvalue weighted by Crippen LogP contribution is -2.38. The highest BCUT2D eigenvalue weighted by atomic mass is 79.9. The molecule has 3 N–H and O–H groups in total. The van der Waals surface area contributed by atoms with Gasteiger partial charge >= 0.3 is 0 Å². The van der Waals surface area contributed by atoms with Gasteiger partial charge in [0.25, 0.3) is 0 Å². The van der Waals surface area contributed by atoms with Crippen LogP contribution in [-0.2, 0) is 11.8 Å². The molecule has 0 saturated heterocycles. The van der Waals surface area contributed by atoms with Crippen LogP contribution in [0.1, 0.15) is 43.0 Å². The molecule has 0 spiro atoms. The lowest BCUT2D eigenvalue weighted by molar-refractivity contribution is 0.686. The van der Waals surface area contributed by atoms with Gasteiger partial charge in [0.05, 0.1) is 12.7 Å². The Morgan fingerprint density at radius 2 is 2.19 bits per heavy atom. The molecule has 0 aliphatic heterocycles. The van der Waals surface area contributed by atoms with Crippen molar-refractivity contribution in [2.24, 2.45) is 4.99 Å². The van der Waals surface area contributed by atoms with E-state index in [1.807, 2.05) is 6.20 Å². The van der Waals surface area contributed by atoms with Crippen molar-refractivity contribution in [2.75, 3.05) is 19.6 Å². The number of benzene rings is 1. The Kier molecular flexibility index (Phi) is 6.35. The number of hydrogen-bond acceptors (Lipinski definition) is 2. The van der Waals surface area contributed by atoms with Gasteiger partial charge in [0, 0.05) is 28.7 Å². The van der Waals surface area contributed by atoms with Crippen LogP contribution in [0, 0.1) is 6.92 Å². The first-order valence-corrected chi connectivity index (χ1v) is 10.2. The molecule has 5 nitrogen and oxygen atoms in total. The van der Waals surface area contributed by atoms with Crippen LogP contribution in [0.25, 0.3) is 0 Å². The first kappa shape index (κ1) is 19.0. The normalized spacial score (nSPS) is 15.7. The average Bonchev–Trinajstić information content (AvgIpc) is 3.32. The molecule has 140 valence electrons.